The molecule has 0 saturated carbocycles. The van der Waals surface area contributed by atoms with Crippen molar-refractivity contribution in [3.8, 4) is 0 Å². The summed E-state index contributed by atoms with van der Waals surface area (Å²) in [6, 6.07) is 6.82. The lowest BCUT2D eigenvalue weighted by Crippen LogP contribution is -2.74. The first-order valence-electron chi connectivity index (χ1n) is 8.58. The Morgan fingerprint density at radius 3 is 2.76 bits per heavy atom. The van der Waals surface area contributed by atoms with Crippen LogP contribution in [0.25, 0.3) is 0 Å². The van der Waals surface area contributed by atoms with Gasteiger partial charge in [0.1, 0.15) is 0 Å². The summed E-state index contributed by atoms with van der Waals surface area (Å²) in [5.74, 6) is 0.853. The summed E-state index contributed by atoms with van der Waals surface area (Å²) < 4.78 is 0. The zero-order valence-corrected chi connectivity index (χ0v) is 15.1. The predicted octanol–water partition coefficient (Wildman–Crippen LogP) is 1.64. The lowest BCUT2D eigenvalue weighted by Gasteiger charge is -2.53. The number of imide groups is 2. The highest BCUT2D eigenvalue weighted by Crippen LogP contribution is 2.46. The minimum atomic E-state index is -1.24. The molecule has 1 aromatic rings. The van der Waals surface area contributed by atoms with Crippen LogP contribution in [-0.4, -0.2) is 52.9 Å². The molecule has 1 spiro atoms. The molecule has 25 heavy (non-hydrogen) atoms. The second-order valence-corrected chi connectivity index (χ2v) is 8.24. The van der Waals surface area contributed by atoms with Crippen LogP contribution in [0, 0.1) is 5.41 Å². The molecule has 0 bridgehead atoms. The van der Waals surface area contributed by atoms with E-state index in [2.05, 4.69) is 16.3 Å². The topological polar surface area (TPSA) is 69.7 Å². The quantitative estimate of drug-likeness (QED) is 0.772. The van der Waals surface area contributed by atoms with E-state index in [1.807, 2.05) is 18.2 Å². The van der Waals surface area contributed by atoms with E-state index in [1.54, 1.807) is 25.6 Å². The summed E-state index contributed by atoms with van der Waals surface area (Å²) in [7, 11) is 0. The molecule has 132 valence electrons. The number of barbiturate groups is 1. The smallest absolute Gasteiger partial charge is 0.331 e. The van der Waals surface area contributed by atoms with E-state index in [0.29, 0.717) is 12.2 Å². The Morgan fingerprint density at radius 2 is 2.00 bits per heavy atom. The lowest BCUT2D eigenvalue weighted by atomic mass is 9.68. The molecule has 1 N–H and O–H groups in total. The van der Waals surface area contributed by atoms with Crippen LogP contribution in [0.3, 0.4) is 0 Å². The minimum absolute atomic E-state index is 0.233. The van der Waals surface area contributed by atoms with Crippen molar-refractivity contribution in [2.75, 3.05) is 23.0 Å². The minimum Gasteiger partial charge on any atom is -0.365 e. The Bertz CT molecular complexity index is 766. The summed E-state index contributed by atoms with van der Waals surface area (Å²) in [5.41, 5.74) is 0.860. The van der Waals surface area contributed by atoms with Crippen LogP contribution >= 0.6 is 11.8 Å². The standard InChI is InChI=1S/C18H21N3O3S/c1-11(2)21-16(23)18(15(22)19-17(21)24)9-12-5-3-4-6-13(12)20-7-8-25-10-14(18)20/h3-6,11,14H,7-10H2,1-2H3,(H,19,22,24). The van der Waals surface area contributed by atoms with Crippen LogP contribution in [0.1, 0.15) is 19.4 Å². The highest BCUT2D eigenvalue weighted by molar-refractivity contribution is 7.99. The number of benzene rings is 1. The SMILES string of the molecule is CC(C)N1C(=O)NC(=O)C2(Cc3ccccc3N3CCSCC32)C1=O. The predicted molar refractivity (Wildman–Crippen MR) is 96.6 cm³/mol. The maximum atomic E-state index is 13.4. The van der Waals surface area contributed by atoms with Gasteiger partial charge in [-0.2, -0.15) is 11.8 Å². The van der Waals surface area contributed by atoms with Gasteiger partial charge in [0.25, 0.3) is 0 Å². The van der Waals surface area contributed by atoms with E-state index in [-0.39, 0.29) is 18.0 Å². The fourth-order valence-electron chi connectivity index (χ4n) is 4.25. The molecule has 2 unspecified atom stereocenters. The summed E-state index contributed by atoms with van der Waals surface area (Å²) in [4.78, 5) is 42.1. The molecule has 1 aromatic carbocycles. The first kappa shape index (κ1) is 16.4. The number of hydrogen-bond acceptors (Lipinski definition) is 5. The molecule has 0 aromatic heterocycles. The third-order valence-corrected chi connectivity index (χ3v) is 6.45. The van der Waals surface area contributed by atoms with Crippen molar-refractivity contribution in [2.24, 2.45) is 5.41 Å². The molecule has 2 saturated heterocycles. The van der Waals surface area contributed by atoms with Crippen molar-refractivity contribution in [3.05, 3.63) is 29.8 Å². The number of nitrogens with zero attached hydrogens (tertiary/aromatic N) is 2. The summed E-state index contributed by atoms with van der Waals surface area (Å²) in [6.07, 6.45) is 0.339. The van der Waals surface area contributed by atoms with Crippen LogP contribution in [0.5, 0.6) is 0 Å². The molecule has 0 aliphatic carbocycles. The molecule has 3 aliphatic heterocycles. The molecule has 7 heteroatoms. The van der Waals surface area contributed by atoms with Gasteiger partial charge in [0.2, 0.25) is 11.8 Å². The van der Waals surface area contributed by atoms with E-state index in [1.165, 1.54) is 4.90 Å². The van der Waals surface area contributed by atoms with Gasteiger partial charge in [-0.3, -0.25) is 19.8 Å². The van der Waals surface area contributed by atoms with E-state index in [9.17, 15) is 14.4 Å². The zero-order valence-electron chi connectivity index (χ0n) is 14.3. The van der Waals surface area contributed by atoms with Crippen LogP contribution < -0.4 is 10.2 Å². The number of nitrogens with one attached hydrogen (secondary N) is 1. The zero-order chi connectivity index (χ0) is 17.8. The van der Waals surface area contributed by atoms with Crippen LogP contribution in [0.2, 0.25) is 0 Å². The van der Waals surface area contributed by atoms with E-state index < -0.39 is 17.4 Å². The van der Waals surface area contributed by atoms with Gasteiger partial charge in [-0.05, 0) is 31.9 Å². The maximum absolute atomic E-state index is 13.4. The van der Waals surface area contributed by atoms with Crippen molar-refractivity contribution in [3.63, 3.8) is 0 Å². The number of thioether (sulfide) groups is 1. The molecule has 6 nitrogen and oxygen atoms in total. The first-order chi connectivity index (χ1) is 12.0. The van der Waals surface area contributed by atoms with Crippen molar-refractivity contribution in [1.82, 2.24) is 10.2 Å². The average molecular weight is 359 g/mol. The highest BCUT2D eigenvalue weighted by atomic mass is 32.2. The van der Waals surface area contributed by atoms with E-state index >= 15 is 0 Å². The number of hydrogen-bond donors (Lipinski definition) is 1. The Labute approximate surface area is 150 Å². The van der Waals surface area contributed by atoms with Gasteiger partial charge in [-0.1, -0.05) is 18.2 Å². The lowest BCUT2D eigenvalue weighted by molar-refractivity contribution is -0.154. The Balaban J connectivity index is 1.88. The Morgan fingerprint density at radius 1 is 1.24 bits per heavy atom. The summed E-state index contributed by atoms with van der Waals surface area (Å²) in [6.45, 7) is 4.39. The number of amides is 4. The Kier molecular flexibility index (Phi) is 3.79. The van der Waals surface area contributed by atoms with Gasteiger partial charge < -0.3 is 4.90 Å². The van der Waals surface area contributed by atoms with Crippen LogP contribution in [0.4, 0.5) is 10.5 Å². The number of urea groups is 1. The van der Waals surface area contributed by atoms with Crippen LogP contribution in [-0.2, 0) is 16.0 Å². The fourth-order valence-corrected chi connectivity index (χ4v) is 5.43. The molecule has 4 rings (SSSR count). The van der Waals surface area contributed by atoms with Crippen molar-refractivity contribution in [1.29, 1.82) is 0 Å². The van der Waals surface area contributed by atoms with Gasteiger partial charge in [0.05, 0.1) is 6.04 Å². The van der Waals surface area contributed by atoms with E-state index in [4.69, 9.17) is 0 Å². The molecule has 3 heterocycles. The van der Waals surface area contributed by atoms with E-state index in [0.717, 1.165) is 23.5 Å². The number of fused-ring (bicyclic) bond motifs is 4. The van der Waals surface area contributed by atoms with Crippen LogP contribution in [0.15, 0.2) is 24.3 Å². The maximum Gasteiger partial charge on any atom is 0.331 e. The number of rotatable bonds is 1. The molecule has 3 aliphatic rings. The van der Waals surface area contributed by atoms with Gasteiger partial charge in [-0.25, -0.2) is 4.79 Å². The van der Waals surface area contributed by atoms with Gasteiger partial charge in [0.15, 0.2) is 5.41 Å². The van der Waals surface area contributed by atoms with Crippen molar-refractivity contribution in [2.45, 2.75) is 32.4 Å². The monoisotopic (exact) mass is 359 g/mol. The number of para-hydroxylation sites is 1. The Hall–Kier alpha value is -2.02. The third-order valence-electron chi connectivity index (χ3n) is 5.43. The molecule has 0 radical (unpaired) electrons. The first-order valence-corrected chi connectivity index (χ1v) is 9.73. The molecular weight excluding hydrogens is 338 g/mol. The second kappa shape index (κ2) is 5.76. The van der Waals surface area contributed by atoms with Gasteiger partial charge in [0, 0.05) is 29.8 Å². The normalized spacial score (nSPS) is 28.9. The van der Waals surface area contributed by atoms with Crippen molar-refractivity contribution >= 4 is 35.3 Å². The summed E-state index contributed by atoms with van der Waals surface area (Å²) in [5, 5.41) is 2.46. The highest BCUT2D eigenvalue weighted by Gasteiger charge is 2.62. The van der Waals surface area contributed by atoms with Gasteiger partial charge in [-0.15, -0.1) is 0 Å². The number of carbonyl (C=O) groups is 3. The molecule has 2 fully saturated rings. The largest absolute Gasteiger partial charge is 0.365 e. The molecule has 2 atom stereocenters. The second-order valence-electron chi connectivity index (χ2n) is 7.09. The number of anilines is 1. The van der Waals surface area contributed by atoms with Gasteiger partial charge >= 0.3 is 6.03 Å². The average Bonchev–Trinajstić information content (AvgIpc) is 2.59. The van der Waals surface area contributed by atoms with Crippen molar-refractivity contribution < 1.29 is 14.4 Å². The third kappa shape index (κ3) is 2.21. The molecule has 4 amide bonds. The number of carbonyl (C=O) groups excluding carboxylic acids is 3. The fraction of sp³-hybridized carbons (Fsp3) is 0.500. The summed E-state index contributed by atoms with van der Waals surface area (Å²) >= 11 is 1.76. The molecular formula is C18H21N3O3S.